The Morgan fingerprint density at radius 2 is 1.54 bits per heavy atom. The second-order valence-corrected chi connectivity index (χ2v) is 17.0. The highest BCUT2D eigenvalue weighted by atomic mass is 32.2. The molecule has 0 aliphatic carbocycles. The van der Waals surface area contributed by atoms with Crippen LogP contribution in [0.15, 0.2) is 71.8 Å². The van der Waals surface area contributed by atoms with Crippen molar-refractivity contribution in [3.8, 4) is 23.0 Å². The second-order valence-electron chi connectivity index (χ2n) is 15.1. The van der Waals surface area contributed by atoms with Crippen LogP contribution in [0.2, 0.25) is 0 Å². The van der Waals surface area contributed by atoms with Gasteiger partial charge < -0.3 is 44.0 Å². The van der Waals surface area contributed by atoms with Crippen LogP contribution >= 0.6 is 0 Å². The van der Waals surface area contributed by atoms with Crippen molar-refractivity contribution in [2.45, 2.75) is 57.3 Å². The molecule has 4 heterocycles. The molecule has 68 heavy (non-hydrogen) atoms. The summed E-state index contributed by atoms with van der Waals surface area (Å²) in [5.74, 6) is -0.831. The number of sulfonamides is 1. The Morgan fingerprint density at radius 1 is 0.868 bits per heavy atom. The van der Waals surface area contributed by atoms with Gasteiger partial charge in [0.15, 0.2) is 10.6 Å². The van der Waals surface area contributed by atoms with Crippen molar-refractivity contribution in [1.29, 1.82) is 0 Å². The first-order chi connectivity index (χ1) is 32.7. The number of nitro groups is 1. The van der Waals surface area contributed by atoms with Crippen LogP contribution in [-0.4, -0.2) is 148 Å². The fraction of sp³-hybridized carbons (Fsp3) is 0.511. The van der Waals surface area contributed by atoms with Crippen molar-refractivity contribution < 1.29 is 59.7 Å². The van der Waals surface area contributed by atoms with E-state index in [1.54, 1.807) is 44.3 Å². The highest BCUT2D eigenvalue weighted by molar-refractivity contribution is 7.89. The number of rotatable bonds is 28. The highest BCUT2D eigenvalue weighted by Gasteiger charge is 2.41. The number of amides is 1. The summed E-state index contributed by atoms with van der Waals surface area (Å²) in [6.45, 7) is 8.22. The summed E-state index contributed by atoms with van der Waals surface area (Å²) in [6, 6.07) is 13.8. The summed E-state index contributed by atoms with van der Waals surface area (Å²) in [7, 11) is -4.60. The monoisotopic (exact) mass is 976 g/mol. The number of halogens is 3. The average Bonchev–Trinajstić information content (AvgIpc) is 3.33. The first-order valence-electron chi connectivity index (χ1n) is 22.3. The zero-order chi connectivity index (χ0) is 49.1. The molecule has 1 atom stereocenters. The fourth-order valence-electron chi connectivity index (χ4n) is 7.40. The maximum Gasteiger partial charge on any atom is 0.434 e. The number of benzene rings is 1. The van der Waals surface area contributed by atoms with Crippen LogP contribution in [0.4, 0.5) is 24.5 Å². The van der Waals surface area contributed by atoms with Gasteiger partial charge in [0.25, 0.3) is 11.6 Å². The minimum Gasteiger partial charge on any atom is -0.478 e. The lowest BCUT2D eigenvalue weighted by Gasteiger charge is -2.43. The fourth-order valence-corrected chi connectivity index (χ4v) is 9.00. The molecule has 1 amide bonds. The molecule has 19 nitrogen and oxygen atoms in total. The molecule has 0 spiro atoms. The zero-order valence-electron chi connectivity index (χ0n) is 38.4. The predicted octanol–water partition coefficient (Wildman–Crippen LogP) is 5.61. The van der Waals surface area contributed by atoms with Gasteiger partial charge in [-0.3, -0.25) is 14.9 Å². The average molecular weight is 977 g/mol. The van der Waals surface area contributed by atoms with E-state index < -0.39 is 54.9 Å². The van der Waals surface area contributed by atoms with E-state index in [1.165, 1.54) is 29.2 Å². The number of ether oxygens (including phenoxy) is 6. The topological polar surface area (TPSA) is 224 Å². The number of nitro benzene ring substituents is 1. The van der Waals surface area contributed by atoms with E-state index in [0.29, 0.717) is 69.6 Å². The minimum atomic E-state index is -4.94. The van der Waals surface area contributed by atoms with Crippen molar-refractivity contribution in [2.75, 3.05) is 104 Å². The van der Waals surface area contributed by atoms with Crippen molar-refractivity contribution in [3.05, 3.63) is 93.9 Å². The standard InChI is InChI=1S/C45H59F3N8O11S/c1-4-33-31-53(44(57)35-14-17-41(66-5-2)52-42(35)45(46,47)48)21-22-55(33)38-16-15-36(34-11-9-19-50-43(34)67-6-3)51-37(38)32-54(68(60,61)40-13-8-7-12-39(40)56(58)59)20-10-23-62-25-27-64-29-30-65-28-26-63-24-18-49/h7-9,11-17,19,33H,4-6,10,18,20-32,49H2,1-3H3. The van der Waals surface area contributed by atoms with E-state index in [2.05, 4.69) is 9.97 Å². The number of para-hydroxylation sites is 1. The second kappa shape index (κ2) is 26.3. The molecule has 5 rings (SSSR count). The molecule has 372 valence electrons. The predicted molar refractivity (Wildman–Crippen MR) is 244 cm³/mol. The van der Waals surface area contributed by atoms with Gasteiger partial charge in [-0.15, -0.1) is 0 Å². The Bertz CT molecular complexity index is 2370. The number of piperazine rings is 1. The van der Waals surface area contributed by atoms with E-state index in [1.807, 2.05) is 11.8 Å². The van der Waals surface area contributed by atoms with Crippen LogP contribution in [0.3, 0.4) is 0 Å². The van der Waals surface area contributed by atoms with Crippen LogP contribution in [0.5, 0.6) is 11.8 Å². The summed E-state index contributed by atoms with van der Waals surface area (Å²) in [4.78, 5) is 41.1. The van der Waals surface area contributed by atoms with E-state index in [9.17, 15) is 36.5 Å². The van der Waals surface area contributed by atoms with Crippen LogP contribution in [0, 0.1) is 10.1 Å². The quantitative estimate of drug-likeness (QED) is 0.0415. The van der Waals surface area contributed by atoms with Gasteiger partial charge in [0.05, 0.1) is 99.1 Å². The van der Waals surface area contributed by atoms with Crippen LogP contribution in [0.25, 0.3) is 11.3 Å². The Labute approximate surface area is 393 Å². The first-order valence-corrected chi connectivity index (χ1v) is 23.8. The molecule has 1 aromatic carbocycles. The number of nitrogens with two attached hydrogens (primary N) is 1. The number of pyridine rings is 3. The lowest BCUT2D eigenvalue weighted by atomic mass is 10.0. The number of carbonyl (C=O) groups excluding carboxylic acids is 1. The van der Waals surface area contributed by atoms with Crippen LogP contribution in [-0.2, 0) is 41.7 Å². The van der Waals surface area contributed by atoms with Gasteiger partial charge >= 0.3 is 6.18 Å². The van der Waals surface area contributed by atoms with Crippen molar-refractivity contribution in [1.82, 2.24) is 24.2 Å². The molecule has 0 bridgehead atoms. The summed E-state index contributed by atoms with van der Waals surface area (Å²) < 4.78 is 106. The normalized spacial score (nSPS) is 14.4. The zero-order valence-corrected chi connectivity index (χ0v) is 39.2. The third-order valence-corrected chi connectivity index (χ3v) is 12.5. The lowest BCUT2D eigenvalue weighted by molar-refractivity contribution is -0.387. The molecule has 2 N–H and O–H groups in total. The summed E-state index contributed by atoms with van der Waals surface area (Å²) >= 11 is 0. The van der Waals surface area contributed by atoms with Gasteiger partial charge in [-0.25, -0.2) is 23.4 Å². The molecule has 1 fully saturated rings. The maximum atomic E-state index is 14.7. The number of hydrogen-bond acceptors (Lipinski definition) is 16. The third-order valence-electron chi connectivity index (χ3n) is 10.6. The van der Waals surface area contributed by atoms with E-state index >= 15 is 0 Å². The van der Waals surface area contributed by atoms with Crippen molar-refractivity contribution >= 4 is 27.3 Å². The molecule has 4 aromatic rings. The third kappa shape index (κ3) is 14.5. The molecule has 3 aromatic heterocycles. The molecule has 1 aliphatic rings. The van der Waals surface area contributed by atoms with Gasteiger partial charge in [0.2, 0.25) is 21.8 Å². The van der Waals surface area contributed by atoms with Gasteiger partial charge in [0, 0.05) is 63.7 Å². The van der Waals surface area contributed by atoms with E-state index in [4.69, 9.17) is 39.1 Å². The number of carbonyl (C=O) groups is 1. The number of anilines is 1. The number of alkyl halides is 3. The molecule has 0 saturated carbocycles. The maximum absolute atomic E-state index is 14.7. The van der Waals surface area contributed by atoms with Gasteiger partial charge in [0.1, 0.15) is 0 Å². The van der Waals surface area contributed by atoms with Crippen molar-refractivity contribution in [3.63, 3.8) is 0 Å². The first kappa shape index (κ1) is 53.4. The number of nitrogens with zero attached hydrogens (tertiary/aromatic N) is 7. The van der Waals surface area contributed by atoms with Crippen LogP contribution in [0.1, 0.15) is 55.4 Å². The molecule has 1 saturated heterocycles. The highest BCUT2D eigenvalue weighted by Crippen LogP contribution is 2.36. The van der Waals surface area contributed by atoms with Gasteiger partial charge in [-0.2, -0.15) is 17.5 Å². The van der Waals surface area contributed by atoms with E-state index in [0.717, 1.165) is 16.4 Å². The lowest BCUT2D eigenvalue weighted by Crippen LogP contribution is -2.55. The van der Waals surface area contributed by atoms with Gasteiger partial charge in [-0.1, -0.05) is 19.1 Å². The summed E-state index contributed by atoms with van der Waals surface area (Å²) in [5, 5.41) is 12.2. The molecule has 23 heteroatoms. The van der Waals surface area contributed by atoms with Crippen LogP contribution < -0.4 is 20.1 Å². The Kier molecular flexibility index (Phi) is 20.6. The summed E-state index contributed by atoms with van der Waals surface area (Å²) in [5.41, 5.74) is 4.46. The van der Waals surface area contributed by atoms with Crippen molar-refractivity contribution in [2.24, 2.45) is 5.73 Å². The Morgan fingerprint density at radius 3 is 2.19 bits per heavy atom. The SMILES string of the molecule is CCOc1ccc(C(=O)N2CCN(c3ccc(-c4cccnc4OCC)nc3CN(CCCOCCOCCOCCOCCN)S(=O)(=O)c3ccccc3[N+](=O)[O-])C(CC)C2)c(C(F)(F)F)n1. The Balaban J connectivity index is 1.44. The number of hydrogen-bond donors (Lipinski definition) is 1. The summed E-state index contributed by atoms with van der Waals surface area (Å²) in [6.07, 6.45) is -2.78. The van der Waals surface area contributed by atoms with Gasteiger partial charge in [-0.05, 0) is 63.1 Å². The number of aromatic nitrogens is 3. The largest absolute Gasteiger partial charge is 0.478 e. The molecule has 0 radical (unpaired) electrons. The smallest absolute Gasteiger partial charge is 0.434 e. The minimum absolute atomic E-state index is 0.00533. The van der Waals surface area contributed by atoms with E-state index in [-0.39, 0.29) is 83.0 Å². The molecule has 1 unspecified atom stereocenters. The molecular weight excluding hydrogens is 918 g/mol. The Hall–Kier alpha value is -5.56. The molecular formula is C45H59F3N8O11S. The molecule has 1 aliphatic heterocycles.